The molecule has 5 heterocycles. The lowest BCUT2D eigenvalue weighted by molar-refractivity contribution is -0.130. The summed E-state index contributed by atoms with van der Waals surface area (Å²) in [6.07, 6.45) is 1.52. The van der Waals surface area contributed by atoms with E-state index in [0.29, 0.717) is 129 Å². The first kappa shape index (κ1) is 40.4. The van der Waals surface area contributed by atoms with E-state index in [1.54, 1.807) is 42.4 Å². The summed E-state index contributed by atoms with van der Waals surface area (Å²) in [4.78, 5) is 72.0. The monoisotopic (exact) mass is 754 g/mol. The maximum Gasteiger partial charge on any atom is 0.407 e. The fourth-order valence-corrected chi connectivity index (χ4v) is 7.14. The van der Waals surface area contributed by atoms with Crippen molar-refractivity contribution in [3.63, 3.8) is 0 Å². The Hall–Kier alpha value is -4.33. The molecule has 0 unspecified atom stereocenters. The number of piperazine rings is 2. The Labute approximate surface area is 305 Å². The Bertz CT molecular complexity index is 1530. The van der Waals surface area contributed by atoms with Crippen LogP contribution < -0.4 is 5.32 Å². The summed E-state index contributed by atoms with van der Waals surface area (Å²) in [6, 6.07) is 1.34. The van der Waals surface area contributed by atoms with E-state index < -0.39 is 16.1 Å². The van der Waals surface area contributed by atoms with E-state index in [1.807, 2.05) is 20.8 Å². The minimum Gasteiger partial charge on any atom is -0.465 e. The minimum atomic E-state index is -3.21. The maximum atomic E-state index is 12.9. The van der Waals surface area contributed by atoms with Gasteiger partial charge in [-0.1, -0.05) is 25.9 Å². The number of hydrogen-bond acceptors (Lipinski definition) is 9. The van der Waals surface area contributed by atoms with Crippen LogP contribution in [0.15, 0.2) is 10.6 Å². The van der Waals surface area contributed by atoms with Crippen LogP contribution in [0.3, 0.4) is 0 Å². The summed E-state index contributed by atoms with van der Waals surface area (Å²) in [6.45, 7) is 14.9. The topological polar surface area (TPSA) is 204 Å². The molecule has 1 aromatic rings. The van der Waals surface area contributed by atoms with E-state index in [2.05, 4.69) is 10.5 Å². The molecule has 4 aliphatic heterocycles. The zero-order valence-corrected chi connectivity index (χ0v) is 31.8. The Kier molecular flexibility index (Phi) is 13.6. The molecular formula is C32H54N10O9S. The van der Waals surface area contributed by atoms with Gasteiger partial charge in [-0.2, -0.15) is 4.31 Å². The fourth-order valence-electron chi connectivity index (χ4n) is 6.31. The second kappa shape index (κ2) is 17.5. The van der Waals surface area contributed by atoms with Gasteiger partial charge in [0, 0.05) is 123 Å². The molecule has 0 bridgehead atoms. The number of carbonyl (C=O) groups excluding carboxylic acids is 4. The third-order valence-electron chi connectivity index (χ3n) is 9.55. The molecule has 4 saturated heterocycles. The third-order valence-corrected chi connectivity index (χ3v) is 10.9. The molecule has 19 nitrogen and oxygen atoms in total. The van der Waals surface area contributed by atoms with Crippen molar-refractivity contribution in [2.75, 3.05) is 116 Å². The van der Waals surface area contributed by atoms with Gasteiger partial charge >= 0.3 is 24.2 Å². The van der Waals surface area contributed by atoms with E-state index in [9.17, 15) is 32.4 Å². The second-order valence-corrected chi connectivity index (χ2v) is 16.4. The van der Waals surface area contributed by atoms with Crippen LogP contribution in [0, 0.1) is 0 Å². The first-order valence-electron chi connectivity index (χ1n) is 17.7. The van der Waals surface area contributed by atoms with Crippen molar-refractivity contribution in [2.24, 2.45) is 0 Å². The van der Waals surface area contributed by atoms with Gasteiger partial charge in [-0.25, -0.2) is 27.6 Å². The SMILES string of the molecule is CC(=O)N1CCN(C(=O)N2CCCN(C(=O)Nc3cc(C(C)(C)C)on3)CC2)CC1.CS(=O)(=O)N1CCN(C(=O)N2CCCN(C(=O)O)CC2)CC1. The molecule has 0 aromatic carbocycles. The number of nitrogens with one attached hydrogen (secondary N) is 1. The maximum absolute atomic E-state index is 12.9. The van der Waals surface area contributed by atoms with Gasteiger partial charge in [-0.05, 0) is 12.8 Å². The Morgan fingerprint density at radius 3 is 1.52 bits per heavy atom. The number of hydrogen-bond donors (Lipinski definition) is 2. The zero-order valence-electron chi connectivity index (χ0n) is 31.0. The van der Waals surface area contributed by atoms with Crippen LogP contribution >= 0.6 is 0 Å². The predicted molar refractivity (Wildman–Crippen MR) is 190 cm³/mol. The number of carbonyl (C=O) groups is 5. The van der Waals surface area contributed by atoms with Gasteiger partial charge in [-0.15, -0.1) is 0 Å². The van der Waals surface area contributed by atoms with Crippen molar-refractivity contribution in [3.05, 3.63) is 11.8 Å². The average Bonchev–Trinajstić information content (AvgIpc) is 3.28. The molecule has 20 heteroatoms. The summed E-state index contributed by atoms with van der Waals surface area (Å²) < 4.78 is 29.6. The zero-order chi connectivity index (χ0) is 38.2. The Morgan fingerprint density at radius 2 is 1.08 bits per heavy atom. The highest BCUT2D eigenvalue weighted by Crippen LogP contribution is 2.24. The molecule has 2 N–H and O–H groups in total. The summed E-state index contributed by atoms with van der Waals surface area (Å²) in [7, 11) is -3.21. The molecule has 0 aliphatic carbocycles. The normalized spacial score (nSPS) is 19.7. The smallest absolute Gasteiger partial charge is 0.407 e. The van der Waals surface area contributed by atoms with Gasteiger partial charge in [0.05, 0.1) is 6.26 Å². The number of nitrogens with zero attached hydrogens (tertiary/aromatic N) is 9. The van der Waals surface area contributed by atoms with Gasteiger partial charge in [0.2, 0.25) is 15.9 Å². The third kappa shape index (κ3) is 11.1. The number of amides is 8. The van der Waals surface area contributed by atoms with E-state index in [1.165, 1.54) is 15.5 Å². The number of aromatic nitrogens is 1. The van der Waals surface area contributed by atoms with Crippen molar-refractivity contribution in [3.8, 4) is 0 Å². The van der Waals surface area contributed by atoms with Gasteiger partial charge in [0.15, 0.2) is 5.82 Å². The van der Waals surface area contributed by atoms with Crippen molar-refractivity contribution >= 4 is 45.9 Å². The van der Waals surface area contributed by atoms with Crippen molar-refractivity contribution in [1.29, 1.82) is 0 Å². The molecule has 292 valence electrons. The standard InChI is InChI=1S/C20H32N6O4.C12H22N4O5S/c1-15(27)23-8-11-26(12-9-23)19(29)25-7-5-6-24(10-13-25)18(28)21-17-14-16(30-22-17)20(2,3)4;1-22(20,21)16-9-7-14(8-10-16)11(17)13-3-2-4-15(6-5-13)12(18)19/h14H,5-13H2,1-4H3,(H,21,22,28);2-10H2,1H3,(H,18,19). The highest BCUT2D eigenvalue weighted by Gasteiger charge is 2.31. The van der Waals surface area contributed by atoms with Crippen LogP contribution in [-0.2, 0) is 20.2 Å². The van der Waals surface area contributed by atoms with E-state index in [-0.39, 0.29) is 29.4 Å². The quantitative estimate of drug-likeness (QED) is 0.441. The first-order valence-corrected chi connectivity index (χ1v) is 19.6. The largest absolute Gasteiger partial charge is 0.465 e. The predicted octanol–water partition coefficient (Wildman–Crippen LogP) is 1.17. The van der Waals surface area contributed by atoms with Crippen LogP contribution in [-0.4, -0.2) is 198 Å². The molecule has 52 heavy (non-hydrogen) atoms. The summed E-state index contributed by atoms with van der Waals surface area (Å²) >= 11 is 0. The number of anilines is 1. The second-order valence-electron chi connectivity index (χ2n) is 14.4. The number of carboxylic acid groups (broad SMARTS) is 1. The Morgan fingerprint density at radius 1 is 0.673 bits per heavy atom. The van der Waals surface area contributed by atoms with Crippen LogP contribution in [0.5, 0.6) is 0 Å². The number of urea groups is 3. The lowest BCUT2D eigenvalue weighted by Crippen LogP contribution is -2.54. The molecule has 1 aromatic heterocycles. The van der Waals surface area contributed by atoms with E-state index in [4.69, 9.17) is 9.63 Å². The molecule has 5 rings (SSSR count). The van der Waals surface area contributed by atoms with E-state index in [0.717, 1.165) is 0 Å². The van der Waals surface area contributed by atoms with Crippen LogP contribution in [0.4, 0.5) is 25.0 Å². The minimum absolute atomic E-state index is 0.0215. The summed E-state index contributed by atoms with van der Waals surface area (Å²) in [5.41, 5.74) is -0.185. The van der Waals surface area contributed by atoms with Gasteiger partial charge in [0.1, 0.15) is 5.76 Å². The van der Waals surface area contributed by atoms with Crippen LogP contribution in [0.1, 0.15) is 46.3 Å². The van der Waals surface area contributed by atoms with Gasteiger partial charge in [0.25, 0.3) is 0 Å². The summed E-state index contributed by atoms with van der Waals surface area (Å²) in [5, 5.41) is 15.7. The lowest BCUT2D eigenvalue weighted by Gasteiger charge is -2.37. The highest BCUT2D eigenvalue weighted by molar-refractivity contribution is 7.88. The van der Waals surface area contributed by atoms with Crippen molar-refractivity contribution < 1.29 is 42.0 Å². The van der Waals surface area contributed by atoms with E-state index >= 15 is 0 Å². The van der Waals surface area contributed by atoms with Gasteiger partial charge < -0.3 is 43.9 Å². The first-order chi connectivity index (χ1) is 24.4. The Balaban J connectivity index is 0.000000244. The fraction of sp³-hybridized carbons (Fsp3) is 0.750. The average molecular weight is 755 g/mol. The summed E-state index contributed by atoms with van der Waals surface area (Å²) in [5.74, 6) is 1.14. The molecule has 0 spiro atoms. The number of rotatable bonds is 2. The lowest BCUT2D eigenvalue weighted by atomic mass is 9.93. The van der Waals surface area contributed by atoms with Crippen molar-refractivity contribution in [1.82, 2.24) is 43.8 Å². The molecule has 0 atom stereocenters. The number of sulfonamides is 1. The molecular weight excluding hydrogens is 700 g/mol. The molecule has 8 amide bonds. The van der Waals surface area contributed by atoms with Crippen molar-refractivity contribution in [2.45, 2.75) is 46.0 Å². The molecule has 4 fully saturated rings. The van der Waals surface area contributed by atoms with Crippen LogP contribution in [0.25, 0.3) is 0 Å². The van der Waals surface area contributed by atoms with Crippen LogP contribution in [0.2, 0.25) is 0 Å². The molecule has 0 radical (unpaired) electrons. The van der Waals surface area contributed by atoms with Gasteiger partial charge in [-0.3, -0.25) is 10.1 Å². The molecule has 0 saturated carbocycles. The molecule has 4 aliphatic rings. The highest BCUT2D eigenvalue weighted by atomic mass is 32.2.